The first kappa shape index (κ1) is 18.4. The van der Waals surface area contributed by atoms with E-state index in [9.17, 15) is 4.79 Å². The number of hydrogen-bond donors (Lipinski definition) is 0. The first-order valence-electron chi connectivity index (χ1n) is 9.50. The zero-order valence-corrected chi connectivity index (χ0v) is 16.3. The normalized spacial score (nSPS) is 15.8. The summed E-state index contributed by atoms with van der Waals surface area (Å²) in [7, 11) is 0. The second-order valence-corrected chi connectivity index (χ2v) is 7.57. The van der Waals surface area contributed by atoms with Crippen LogP contribution in [-0.2, 0) is 11.3 Å². The van der Waals surface area contributed by atoms with E-state index in [1.54, 1.807) is 6.08 Å². The zero-order chi connectivity index (χ0) is 18.7. The number of amides is 1. The number of aryl methyl sites for hydroxylation is 2. The van der Waals surface area contributed by atoms with Gasteiger partial charge in [0.25, 0.3) is 0 Å². The molecule has 2 heterocycles. The van der Waals surface area contributed by atoms with Crippen molar-refractivity contribution in [1.82, 2.24) is 14.7 Å². The molecule has 2 aromatic rings. The zero-order valence-electron chi connectivity index (χ0n) is 16.3. The summed E-state index contributed by atoms with van der Waals surface area (Å²) in [5.41, 5.74) is 5.60. The van der Waals surface area contributed by atoms with E-state index in [0.717, 1.165) is 55.3 Å². The third-order valence-corrected chi connectivity index (χ3v) is 5.38. The Bertz CT molecular complexity index is 794. The molecule has 1 aromatic heterocycles. The quantitative estimate of drug-likeness (QED) is 0.777. The van der Waals surface area contributed by atoms with E-state index in [1.165, 1.54) is 11.1 Å². The first-order valence-corrected chi connectivity index (χ1v) is 9.50. The molecule has 1 saturated heterocycles. The Morgan fingerprint density at radius 2 is 1.81 bits per heavy atom. The van der Waals surface area contributed by atoms with Crippen LogP contribution in [0, 0.1) is 26.7 Å². The van der Waals surface area contributed by atoms with Crippen molar-refractivity contribution in [3.8, 4) is 0 Å². The van der Waals surface area contributed by atoms with Crippen LogP contribution in [0.1, 0.15) is 47.8 Å². The van der Waals surface area contributed by atoms with Gasteiger partial charge in [0.15, 0.2) is 0 Å². The third-order valence-electron chi connectivity index (χ3n) is 5.38. The molecule has 1 amide bonds. The molecule has 4 nitrogen and oxygen atoms in total. The van der Waals surface area contributed by atoms with Gasteiger partial charge in [-0.2, -0.15) is 5.10 Å². The van der Waals surface area contributed by atoms with Gasteiger partial charge in [-0.25, -0.2) is 0 Å². The lowest BCUT2D eigenvalue weighted by Crippen LogP contribution is -2.36. The predicted molar refractivity (Wildman–Crippen MR) is 106 cm³/mol. The molecule has 3 rings (SSSR count). The molecule has 0 saturated carbocycles. The van der Waals surface area contributed by atoms with Crippen molar-refractivity contribution >= 4 is 12.0 Å². The molecule has 0 spiro atoms. The van der Waals surface area contributed by atoms with Crippen LogP contribution in [0.15, 0.2) is 30.3 Å². The van der Waals surface area contributed by atoms with Crippen LogP contribution < -0.4 is 0 Å². The fourth-order valence-electron chi connectivity index (χ4n) is 3.46. The van der Waals surface area contributed by atoms with E-state index < -0.39 is 0 Å². The number of rotatable bonds is 4. The van der Waals surface area contributed by atoms with Gasteiger partial charge in [0.2, 0.25) is 5.91 Å². The van der Waals surface area contributed by atoms with Crippen molar-refractivity contribution in [3.63, 3.8) is 0 Å². The minimum absolute atomic E-state index is 0.113. The molecule has 0 atom stereocenters. The fourth-order valence-corrected chi connectivity index (χ4v) is 3.46. The van der Waals surface area contributed by atoms with Gasteiger partial charge in [-0.15, -0.1) is 0 Å². The molecule has 1 fully saturated rings. The minimum atomic E-state index is 0.113. The van der Waals surface area contributed by atoms with E-state index in [0.29, 0.717) is 0 Å². The summed E-state index contributed by atoms with van der Waals surface area (Å²) in [4.78, 5) is 14.4. The monoisotopic (exact) mass is 351 g/mol. The number of hydrogen-bond acceptors (Lipinski definition) is 2. The number of carbonyl (C=O) groups is 1. The molecule has 4 heteroatoms. The second kappa shape index (κ2) is 7.90. The molecular weight excluding hydrogens is 322 g/mol. The number of likely N-dealkylation sites (tertiary alicyclic amines) is 1. The SMILES string of the molecule is Cc1ccc(Cn2nc(C)c(/C=C/C(=O)N3CCC(C)CC3)c2C)cc1. The van der Waals surface area contributed by atoms with E-state index in [2.05, 4.69) is 50.1 Å². The van der Waals surface area contributed by atoms with Crippen LogP contribution >= 0.6 is 0 Å². The lowest BCUT2D eigenvalue weighted by molar-refractivity contribution is -0.127. The first-order chi connectivity index (χ1) is 12.4. The van der Waals surface area contributed by atoms with Gasteiger partial charge in [0, 0.05) is 30.4 Å². The van der Waals surface area contributed by atoms with Crippen molar-refractivity contribution in [1.29, 1.82) is 0 Å². The van der Waals surface area contributed by atoms with Gasteiger partial charge in [-0.05, 0) is 51.2 Å². The summed E-state index contributed by atoms with van der Waals surface area (Å²) in [6.07, 6.45) is 5.85. The topological polar surface area (TPSA) is 38.1 Å². The lowest BCUT2D eigenvalue weighted by atomic mass is 9.99. The highest BCUT2D eigenvalue weighted by Gasteiger charge is 2.18. The maximum atomic E-state index is 12.4. The molecule has 1 aliphatic rings. The summed E-state index contributed by atoms with van der Waals surface area (Å²) < 4.78 is 2.02. The summed E-state index contributed by atoms with van der Waals surface area (Å²) >= 11 is 0. The molecule has 26 heavy (non-hydrogen) atoms. The van der Waals surface area contributed by atoms with Gasteiger partial charge >= 0.3 is 0 Å². The highest BCUT2D eigenvalue weighted by atomic mass is 16.2. The molecular formula is C22H29N3O. The van der Waals surface area contributed by atoms with Crippen LogP contribution in [0.4, 0.5) is 0 Å². The smallest absolute Gasteiger partial charge is 0.246 e. The van der Waals surface area contributed by atoms with Crippen molar-refractivity contribution in [3.05, 3.63) is 58.4 Å². The Kier molecular flexibility index (Phi) is 5.60. The lowest BCUT2D eigenvalue weighted by Gasteiger charge is -2.29. The molecule has 0 aliphatic carbocycles. The summed E-state index contributed by atoms with van der Waals surface area (Å²) in [6, 6.07) is 8.53. The summed E-state index contributed by atoms with van der Waals surface area (Å²) in [5, 5.41) is 4.67. The molecule has 0 bridgehead atoms. The average molecular weight is 351 g/mol. The average Bonchev–Trinajstić information content (AvgIpc) is 2.89. The van der Waals surface area contributed by atoms with Crippen LogP contribution in [0.3, 0.4) is 0 Å². The molecule has 138 valence electrons. The Balaban J connectivity index is 1.71. The van der Waals surface area contributed by atoms with Gasteiger partial charge in [0.05, 0.1) is 12.2 Å². The molecule has 0 N–H and O–H groups in total. The highest BCUT2D eigenvalue weighted by molar-refractivity contribution is 5.92. The number of aromatic nitrogens is 2. The van der Waals surface area contributed by atoms with Crippen molar-refractivity contribution in [2.45, 2.75) is 47.1 Å². The number of piperidine rings is 1. The predicted octanol–water partition coefficient (Wildman–Crippen LogP) is 4.13. The van der Waals surface area contributed by atoms with Crippen molar-refractivity contribution < 1.29 is 4.79 Å². The van der Waals surface area contributed by atoms with Crippen molar-refractivity contribution in [2.75, 3.05) is 13.1 Å². The van der Waals surface area contributed by atoms with Crippen molar-refractivity contribution in [2.24, 2.45) is 5.92 Å². The van der Waals surface area contributed by atoms with Crippen LogP contribution in [0.2, 0.25) is 0 Å². The van der Waals surface area contributed by atoms with Crippen LogP contribution in [0.5, 0.6) is 0 Å². The van der Waals surface area contributed by atoms with E-state index in [4.69, 9.17) is 0 Å². The maximum Gasteiger partial charge on any atom is 0.246 e. The Hall–Kier alpha value is -2.36. The maximum absolute atomic E-state index is 12.4. The molecule has 0 radical (unpaired) electrons. The van der Waals surface area contributed by atoms with E-state index >= 15 is 0 Å². The van der Waals surface area contributed by atoms with E-state index in [1.807, 2.05) is 22.6 Å². The number of carbonyl (C=O) groups excluding carboxylic acids is 1. The largest absolute Gasteiger partial charge is 0.339 e. The molecule has 0 unspecified atom stereocenters. The van der Waals surface area contributed by atoms with E-state index in [-0.39, 0.29) is 5.91 Å². The number of nitrogens with zero attached hydrogens (tertiary/aromatic N) is 3. The van der Waals surface area contributed by atoms with Crippen LogP contribution in [0.25, 0.3) is 6.08 Å². The highest BCUT2D eigenvalue weighted by Crippen LogP contribution is 2.19. The molecule has 1 aromatic carbocycles. The van der Waals surface area contributed by atoms with Crippen LogP contribution in [-0.4, -0.2) is 33.7 Å². The standard InChI is InChI=1S/C22H29N3O/c1-16-5-7-20(8-6-16)15-25-19(4)21(18(3)23-25)9-10-22(26)24-13-11-17(2)12-14-24/h5-10,17H,11-15H2,1-4H3/b10-9+. The molecule has 1 aliphatic heterocycles. The van der Waals surface area contributed by atoms with Gasteiger partial charge in [-0.3, -0.25) is 9.48 Å². The summed E-state index contributed by atoms with van der Waals surface area (Å²) in [5.74, 6) is 0.842. The summed E-state index contributed by atoms with van der Waals surface area (Å²) in [6.45, 7) is 10.9. The third kappa shape index (κ3) is 4.24. The second-order valence-electron chi connectivity index (χ2n) is 7.57. The van der Waals surface area contributed by atoms with Gasteiger partial charge < -0.3 is 4.90 Å². The Labute approximate surface area is 156 Å². The fraction of sp³-hybridized carbons (Fsp3) is 0.455. The van der Waals surface area contributed by atoms with Gasteiger partial charge in [0.1, 0.15) is 0 Å². The minimum Gasteiger partial charge on any atom is -0.339 e. The Morgan fingerprint density at radius 1 is 1.15 bits per heavy atom. The van der Waals surface area contributed by atoms with Gasteiger partial charge in [-0.1, -0.05) is 36.8 Å². The Morgan fingerprint density at radius 3 is 2.46 bits per heavy atom. The number of benzene rings is 1.